The zero-order valence-corrected chi connectivity index (χ0v) is 14.9. The zero-order chi connectivity index (χ0) is 17.8. The lowest BCUT2D eigenvalue weighted by Gasteiger charge is -2.24. The van der Waals surface area contributed by atoms with Crippen molar-refractivity contribution < 1.29 is 19.1 Å². The monoisotopic (exact) mass is 335 g/mol. The molecule has 5 nitrogen and oxygen atoms in total. The van der Waals surface area contributed by atoms with Crippen LogP contribution in [0, 0.1) is 5.92 Å². The lowest BCUT2D eigenvalue weighted by Crippen LogP contribution is -2.53. The van der Waals surface area contributed by atoms with Crippen molar-refractivity contribution in [2.45, 2.75) is 52.5 Å². The van der Waals surface area contributed by atoms with Crippen molar-refractivity contribution in [3.8, 4) is 0 Å². The molecule has 2 rings (SSSR count). The summed E-state index contributed by atoms with van der Waals surface area (Å²) in [7, 11) is 0. The first kappa shape index (κ1) is 20.0. The molecule has 0 saturated carbocycles. The Kier molecular flexibility index (Phi) is 9.58. The minimum absolute atomic E-state index is 0.241. The maximum absolute atomic E-state index is 11.3. The van der Waals surface area contributed by atoms with E-state index in [1.165, 1.54) is 5.56 Å². The highest BCUT2D eigenvalue weighted by molar-refractivity contribution is 5.85. The summed E-state index contributed by atoms with van der Waals surface area (Å²) >= 11 is 0. The summed E-state index contributed by atoms with van der Waals surface area (Å²) in [6.07, 6.45) is 3.41. The van der Waals surface area contributed by atoms with Crippen molar-refractivity contribution in [2.75, 3.05) is 13.2 Å². The smallest absolute Gasteiger partial charge is 0.407 e. The Labute approximate surface area is 144 Å². The standard InChI is InChI=1S/C15H19NO4.C4H10/c17-14-13(11-20-14)16-15(18)19-10-6-2-5-9-12-7-3-1-4-8-12;1-4(2)3/h1,3-4,7-8,13H,2,5-6,9-11H2,(H,16,18);4H,1-3H3. The number of ether oxygens (including phenoxy) is 2. The molecular formula is C19H29NO4. The lowest BCUT2D eigenvalue weighted by atomic mass is 10.1. The van der Waals surface area contributed by atoms with Crippen LogP contribution >= 0.6 is 0 Å². The molecule has 1 aromatic carbocycles. The van der Waals surface area contributed by atoms with Crippen LogP contribution in [0.4, 0.5) is 4.79 Å². The molecule has 0 radical (unpaired) electrons. The van der Waals surface area contributed by atoms with Crippen LogP contribution in [-0.2, 0) is 20.7 Å². The Hall–Kier alpha value is -2.04. The SMILES string of the molecule is CC(C)C.O=C(NC1COC1=O)OCCCCCc1ccccc1. The second kappa shape index (κ2) is 11.5. The number of carbonyl (C=O) groups is 2. The number of rotatable bonds is 7. The Morgan fingerprint density at radius 3 is 2.42 bits per heavy atom. The van der Waals surface area contributed by atoms with E-state index >= 15 is 0 Å². The summed E-state index contributed by atoms with van der Waals surface area (Å²) in [4.78, 5) is 22.1. The third-order valence-electron chi connectivity index (χ3n) is 3.15. The van der Waals surface area contributed by atoms with E-state index in [1.807, 2.05) is 18.2 Å². The number of esters is 1. The second-order valence-corrected chi connectivity index (χ2v) is 6.49. The van der Waals surface area contributed by atoms with Crippen LogP contribution in [0.2, 0.25) is 0 Å². The zero-order valence-electron chi connectivity index (χ0n) is 14.9. The number of benzene rings is 1. The van der Waals surface area contributed by atoms with E-state index in [9.17, 15) is 9.59 Å². The second-order valence-electron chi connectivity index (χ2n) is 6.49. The Morgan fingerprint density at radius 2 is 1.88 bits per heavy atom. The Morgan fingerprint density at radius 1 is 1.21 bits per heavy atom. The van der Waals surface area contributed by atoms with Gasteiger partial charge in [-0.3, -0.25) is 0 Å². The van der Waals surface area contributed by atoms with E-state index < -0.39 is 18.1 Å². The fraction of sp³-hybridized carbons (Fsp3) is 0.579. The van der Waals surface area contributed by atoms with E-state index in [1.54, 1.807) is 0 Å². The van der Waals surface area contributed by atoms with Crippen LogP contribution in [-0.4, -0.2) is 31.3 Å². The van der Waals surface area contributed by atoms with Crippen LogP contribution in [0.5, 0.6) is 0 Å². The van der Waals surface area contributed by atoms with Crippen LogP contribution in [0.25, 0.3) is 0 Å². The first-order valence-electron chi connectivity index (χ1n) is 8.63. The van der Waals surface area contributed by atoms with Crippen molar-refractivity contribution >= 4 is 12.1 Å². The molecule has 5 heteroatoms. The molecule has 24 heavy (non-hydrogen) atoms. The summed E-state index contributed by atoms with van der Waals surface area (Å²) in [6.45, 7) is 7.12. The van der Waals surface area contributed by atoms with E-state index in [0.29, 0.717) is 6.61 Å². The normalized spacial score (nSPS) is 15.7. The van der Waals surface area contributed by atoms with Crippen LogP contribution in [0.15, 0.2) is 30.3 Å². The number of hydrogen-bond acceptors (Lipinski definition) is 4. The Balaban J connectivity index is 0.000000648. The topological polar surface area (TPSA) is 64.6 Å². The van der Waals surface area contributed by atoms with Gasteiger partial charge in [-0.05, 0) is 37.2 Å². The minimum Gasteiger partial charge on any atom is -0.461 e. The molecule has 1 aromatic rings. The molecule has 0 aromatic heterocycles. The van der Waals surface area contributed by atoms with E-state index in [2.05, 4.69) is 43.0 Å². The van der Waals surface area contributed by atoms with Crippen molar-refractivity contribution in [1.82, 2.24) is 5.32 Å². The molecule has 1 heterocycles. The average molecular weight is 335 g/mol. The first-order chi connectivity index (χ1) is 11.5. The van der Waals surface area contributed by atoms with Crippen LogP contribution < -0.4 is 5.32 Å². The van der Waals surface area contributed by atoms with Gasteiger partial charge in [-0.1, -0.05) is 51.1 Å². The van der Waals surface area contributed by atoms with Gasteiger partial charge in [0.2, 0.25) is 0 Å². The molecule has 1 unspecified atom stereocenters. The van der Waals surface area contributed by atoms with Gasteiger partial charge in [-0.2, -0.15) is 0 Å². The number of amides is 1. The van der Waals surface area contributed by atoms with Crippen LogP contribution in [0.1, 0.15) is 45.6 Å². The Bertz CT molecular complexity index is 485. The van der Waals surface area contributed by atoms with Gasteiger partial charge in [0.05, 0.1) is 6.61 Å². The fourth-order valence-electron chi connectivity index (χ4n) is 1.94. The largest absolute Gasteiger partial charge is 0.461 e. The predicted octanol–water partition coefficient (Wildman–Crippen LogP) is 3.71. The fourth-order valence-corrected chi connectivity index (χ4v) is 1.94. The van der Waals surface area contributed by atoms with Gasteiger partial charge in [-0.15, -0.1) is 0 Å². The molecule has 0 aliphatic carbocycles. The molecule has 0 spiro atoms. The number of aryl methyl sites for hydroxylation is 1. The molecular weight excluding hydrogens is 306 g/mol. The maximum atomic E-state index is 11.3. The molecule has 1 N–H and O–H groups in total. The number of unbranched alkanes of at least 4 members (excludes halogenated alkanes) is 2. The van der Waals surface area contributed by atoms with Gasteiger partial charge in [0.25, 0.3) is 0 Å². The number of carbonyl (C=O) groups excluding carboxylic acids is 2. The molecule has 1 fully saturated rings. The van der Waals surface area contributed by atoms with Crippen molar-refractivity contribution in [3.05, 3.63) is 35.9 Å². The summed E-state index contributed by atoms with van der Waals surface area (Å²) in [6, 6.07) is 9.78. The van der Waals surface area contributed by atoms with E-state index in [4.69, 9.17) is 4.74 Å². The van der Waals surface area contributed by atoms with Gasteiger partial charge >= 0.3 is 12.1 Å². The van der Waals surface area contributed by atoms with Crippen LogP contribution in [0.3, 0.4) is 0 Å². The highest BCUT2D eigenvalue weighted by Crippen LogP contribution is 2.07. The number of alkyl carbamates (subject to hydrolysis) is 1. The average Bonchev–Trinajstić information content (AvgIpc) is 2.55. The quantitative estimate of drug-likeness (QED) is 0.609. The highest BCUT2D eigenvalue weighted by atomic mass is 16.6. The third-order valence-corrected chi connectivity index (χ3v) is 3.15. The molecule has 1 amide bonds. The molecule has 134 valence electrons. The van der Waals surface area contributed by atoms with Crippen molar-refractivity contribution in [3.63, 3.8) is 0 Å². The molecule has 1 atom stereocenters. The van der Waals surface area contributed by atoms with E-state index in [0.717, 1.165) is 31.6 Å². The summed E-state index contributed by atoms with van der Waals surface area (Å²) in [5, 5.41) is 2.45. The van der Waals surface area contributed by atoms with Gasteiger partial charge in [0.1, 0.15) is 6.61 Å². The third kappa shape index (κ3) is 9.18. The summed E-state index contributed by atoms with van der Waals surface area (Å²) < 4.78 is 9.53. The van der Waals surface area contributed by atoms with Crippen molar-refractivity contribution in [2.24, 2.45) is 5.92 Å². The van der Waals surface area contributed by atoms with Gasteiger partial charge in [0.15, 0.2) is 6.04 Å². The van der Waals surface area contributed by atoms with Crippen molar-refractivity contribution in [1.29, 1.82) is 0 Å². The maximum Gasteiger partial charge on any atom is 0.407 e. The number of hydrogen-bond donors (Lipinski definition) is 1. The predicted molar refractivity (Wildman–Crippen MR) is 93.7 cm³/mol. The first-order valence-corrected chi connectivity index (χ1v) is 8.63. The van der Waals surface area contributed by atoms with E-state index in [-0.39, 0.29) is 6.61 Å². The van der Waals surface area contributed by atoms with Gasteiger partial charge < -0.3 is 14.8 Å². The molecule has 0 bridgehead atoms. The van der Waals surface area contributed by atoms with Gasteiger partial charge in [0, 0.05) is 0 Å². The minimum atomic E-state index is -0.547. The highest BCUT2D eigenvalue weighted by Gasteiger charge is 2.32. The molecule has 1 aliphatic rings. The van der Waals surface area contributed by atoms with Gasteiger partial charge in [-0.25, -0.2) is 9.59 Å². The molecule has 1 aliphatic heterocycles. The number of nitrogens with one attached hydrogen (secondary N) is 1. The summed E-state index contributed by atoms with van der Waals surface area (Å²) in [5.74, 6) is 0.435. The summed E-state index contributed by atoms with van der Waals surface area (Å²) in [5.41, 5.74) is 1.33. The lowest BCUT2D eigenvalue weighted by molar-refractivity contribution is -0.162. The molecule has 1 saturated heterocycles. The number of cyclic esters (lactones) is 1.